The SMILES string of the molecule is COc1ccc(NS(=O)(=O)c2ccc(OCC(=O)NCC(C)C)c(Cl)c2)cc1. The van der Waals surface area contributed by atoms with Gasteiger partial charge in [0.25, 0.3) is 15.9 Å². The van der Waals surface area contributed by atoms with Crippen molar-refractivity contribution in [2.24, 2.45) is 5.92 Å². The number of rotatable bonds is 9. The second kappa shape index (κ2) is 9.66. The highest BCUT2D eigenvalue weighted by Gasteiger charge is 2.17. The van der Waals surface area contributed by atoms with Gasteiger partial charge in [-0.3, -0.25) is 9.52 Å². The van der Waals surface area contributed by atoms with Gasteiger partial charge in [0.05, 0.1) is 17.0 Å². The van der Waals surface area contributed by atoms with E-state index in [1.54, 1.807) is 24.3 Å². The summed E-state index contributed by atoms with van der Waals surface area (Å²) in [5.41, 5.74) is 0.388. The molecule has 7 nitrogen and oxygen atoms in total. The maximum Gasteiger partial charge on any atom is 0.261 e. The summed E-state index contributed by atoms with van der Waals surface area (Å²) in [6, 6.07) is 10.5. The summed E-state index contributed by atoms with van der Waals surface area (Å²) >= 11 is 6.12. The number of amides is 1. The number of carbonyl (C=O) groups is 1. The van der Waals surface area contributed by atoms with E-state index in [0.717, 1.165) is 0 Å². The Hall–Kier alpha value is -2.45. The van der Waals surface area contributed by atoms with Gasteiger partial charge in [0.2, 0.25) is 0 Å². The Morgan fingerprint density at radius 1 is 1.14 bits per heavy atom. The number of methoxy groups -OCH3 is 1. The summed E-state index contributed by atoms with van der Waals surface area (Å²) in [4.78, 5) is 11.7. The number of hydrogen-bond acceptors (Lipinski definition) is 5. The molecule has 1 amide bonds. The van der Waals surface area contributed by atoms with Crippen molar-refractivity contribution in [2.45, 2.75) is 18.7 Å². The quantitative estimate of drug-likeness (QED) is 0.641. The minimum atomic E-state index is -3.83. The third kappa shape index (κ3) is 6.31. The van der Waals surface area contributed by atoms with E-state index in [4.69, 9.17) is 21.1 Å². The number of sulfonamides is 1. The molecule has 9 heteroatoms. The molecule has 0 heterocycles. The summed E-state index contributed by atoms with van der Waals surface area (Å²) in [7, 11) is -2.31. The molecular weight excluding hydrogens is 404 g/mol. The predicted octanol–water partition coefficient (Wildman–Crippen LogP) is 3.30. The summed E-state index contributed by atoms with van der Waals surface area (Å²) in [5, 5.41) is 2.81. The van der Waals surface area contributed by atoms with Crippen LogP contribution in [-0.4, -0.2) is 34.6 Å². The maximum atomic E-state index is 12.5. The molecule has 0 spiro atoms. The molecule has 0 unspecified atom stereocenters. The number of benzene rings is 2. The highest BCUT2D eigenvalue weighted by Crippen LogP contribution is 2.28. The van der Waals surface area contributed by atoms with E-state index in [1.807, 2.05) is 13.8 Å². The molecule has 0 aliphatic rings. The van der Waals surface area contributed by atoms with E-state index in [9.17, 15) is 13.2 Å². The van der Waals surface area contributed by atoms with Gasteiger partial charge >= 0.3 is 0 Å². The molecule has 0 radical (unpaired) electrons. The summed E-state index contributed by atoms with van der Waals surface area (Å²) in [6.07, 6.45) is 0. The number of anilines is 1. The van der Waals surface area contributed by atoms with Crippen LogP contribution in [0.4, 0.5) is 5.69 Å². The normalized spacial score (nSPS) is 11.2. The fourth-order valence-electron chi connectivity index (χ4n) is 2.15. The van der Waals surface area contributed by atoms with E-state index in [-0.39, 0.29) is 28.2 Å². The monoisotopic (exact) mass is 426 g/mol. The van der Waals surface area contributed by atoms with Crippen LogP contribution in [0.3, 0.4) is 0 Å². The second-order valence-corrected chi connectivity index (χ2v) is 8.50. The molecular formula is C19H23ClN2O5S. The zero-order valence-corrected chi connectivity index (χ0v) is 17.4. The summed E-state index contributed by atoms with van der Waals surface area (Å²) < 4.78 is 37.9. The first-order valence-corrected chi connectivity index (χ1v) is 10.4. The molecule has 0 aromatic heterocycles. The Balaban J connectivity index is 2.04. The van der Waals surface area contributed by atoms with Crippen LogP contribution in [0.1, 0.15) is 13.8 Å². The van der Waals surface area contributed by atoms with Crippen molar-refractivity contribution < 1.29 is 22.7 Å². The predicted molar refractivity (Wildman–Crippen MR) is 109 cm³/mol. The number of halogens is 1. The highest BCUT2D eigenvalue weighted by atomic mass is 35.5. The Morgan fingerprint density at radius 3 is 2.39 bits per heavy atom. The zero-order valence-electron chi connectivity index (χ0n) is 15.9. The van der Waals surface area contributed by atoms with Gasteiger partial charge < -0.3 is 14.8 Å². The van der Waals surface area contributed by atoms with E-state index >= 15 is 0 Å². The topological polar surface area (TPSA) is 93.7 Å². The first kappa shape index (κ1) is 21.8. The van der Waals surface area contributed by atoms with Crippen LogP contribution in [0.2, 0.25) is 5.02 Å². The van der Waals surface area contributed by atoms with Gasteiger partial charge in [-0.1, -0.05) is 25.4 Å². The van der Waals surface area contributed by atoms with Crippen molar-refractivity contribution >= 4 is 33.2 Å². The van der Waals surface area contributed by atoms with Crippen molar-refractivity contribution in [3.63, 3.8) is 0 Å². The first-order valence-electron chi connectivity index (χ1n) is 8.57. The van der Waals surface area contributed by atoms with Crippen LogP contribution in [0, 0.1) is 5.92 Å². The van der Waals surface area contributed by atoms with Gasteiger partial charge in [0.1, 0.15) is 11.5 Å². The third-order valence-electron chi connectivity index (χ3n) is 3.62. The number of nitrogens with one attached hydrogen (secondary N) is 2. The average Bonchev–Trinajstić information content (AvgIpc) is 2.65. The molecule has 0 aliphatic heterocycles. The number of ether oxygens (including phenoxy) is 2. The fourth-order valence-corrected chi connectivity index (χ4v) is 3.54. The van der Waals surface area contributed by atoms with Crippen molar-refractivity contribution in [1.82, 2.24) is 5.32 Å². The second-order valence-electron chi connectivity index (χ2n) is 6.41. The van der Waals surface area contributed by atoms with Gasteiger partial charge in [-0.25, -0.2) is 8.42 Å². The van der Waals surface area contributed by atoms with E-state index < -0.39 is 10.0 Å². The Labute approximate surface area is 170 Å². The maximum absolute atomic E-state index is 12.5. The zero-order chi connectivity index (χ0) is 20.7. The lowest BCUT2D eigenvalue weighted by molar-refractivity contribution is -0.123. The number of carbonyl (C=O) groups excluding carboxylic acids is 1. The van der Waals surface area contributed by atoms with Crippen molar-refractivity contribution in [3.05, 3.63) is 47.5 Å². The Morgan fingerprint density at radius 2 is 1.82 bits per heavy atom. The molecule has 0 atom stereocenters. The van der Waals surface area contributed by atoms with E-state index in [0.29, 0.717) is 23.9 Å². The van der Waals surface area contributed by atoms with Crippen LogP contribution >= 0.6 is 11.6 Å². The van der Waals surface area contributed by atoms with Crippen LogP contribution in [-0.2, 0) is 14.8 Å². The van der Waals surface area contributed by atoms with Gasteiger partial charge in [0.15, 0.2) is 6.61 Å². The van der Waals surface area contributed by atoms with Crippen LogP contribution in [0.5, 0.6) is 11.5 Å². The summed E-state index contributed by atoms with van der Waals surface area (Å²) in [5.74, 6) is 0.896. The molecule has 0 bridgehead atoms. The average molecular weight is 427 g/mol. The lowest BCUT2D eigenvalue weighted by Gasteiger charge is -2.12. The van der Waals surface area contributed by atoms with Gasteiger partial charge in [-0.05, 0) is 48.4 Å². The van der Waals surface area contributed by atoms with Crippen molar-refractivity contribution in [3.8, 4) is 11.5 Å². The molecule has 0 fully saturated rings. The molecule has 2 rings (SSSR count). The lowest BCUT2D eigenvalue weighted by atomic mass is 10.2. The van der Waals surface area contributed by atoms with Crippen molar-refractivity contribution in [2.75, 3.05) is 25.0 Å². The van der Waals surface area contributed by atoms with Crippen LogP contribution < -0.4 is 19.5 Å². The molecule has 0 aliphatic carbocycles. The fraction of sp³-hybridized carbons (Fsp3) is 0.316. The van der Waals surface area contributed by atoms with Gasteiger partial charge in [-0.15, -0.1) is 0 Å². The first-order chi connectivity index (χ1) is 13.2. The molecule has 2 N–H and O–H groups in total. The molecule has 0 saturated carbocycles. The van der Waals surface area contributed by atoms with Crippen LogP contribution in [0.25, 0.3) is 0 Å². The molecule has 0 saturated heterocycles. The van der Waals surface area contributed by atoms with Gasteiger partial charge in [-0.2, -0.15) is 0 Å². The number of hydrogen-bond donors (Lipinski definition) is 2. The minimum Gasteiger partial charge on any atom is -0.497 e. The summed E-state index contributed by atoms with van der Waals surface area (Å²) in [6.45, 7) is 4.31. The standard InChI is InChI=1S/C19H23ClN2O5S/c1-13(2)11-21-19(23)12-27-18-9-8-16(10-17(18)20)28(24,25)22-14-4-6-15(26-3)7-5-14/h4-10,13,22H,11-12H2,1-3H3,(H,21,23). The molecule has 2 aromatic carbocycles. The smallest absolute Gasteiger partial charge is 0.261 e. The lowest BCUT2D eigenvalue weighted by Crippen LogP contribution is -2.31. The molecule has 152 valence electrons. The minimum absolute atomic E-state index is 0.0232. The molecule has 28 heavy (non-hydrogen) atoms. The highest BCUT2D eigenvalue weighted by molar-refractivity contribution is 7.92. The largest absolute Gasteiger partial charge is 0.497 e. The van der Waals surface area contributed by atoms with E-state index in [2.05, 4.69) is 10.0 Å². The Kier molecular flexibility index (Phi) is 7.53. The molecule has 2 aromatic rings. The van der Waals surface area contributed by atoms with Crippen LogP contribution in [0.15, 0.2) is 47.4 Å². The third-order valence-corrected chi connectivity index (χ3v) is 5.30. The van der Waals surface area contributed by atoms with Crippen molar-refractivity contribution in [1.29, 1.82) is 0 Å². The van der Waals surface area contributed by atoms with Gasteiger partial charge in [0, 0.05) is 12.2 Å². The Bertz CT molecular complexity index is 914. The van der Waals surface area contributed by atoms with E-state index in [1.165, 1.54) is 25.3 Å².